The highest BCUT2D eigenvalue weighted by Crippen LogP contribution is 2.22. The van der Waals surface area contributed by atoms with Crippen LogP contribution in [0.1, 0.15) is 23.0 Å². The smallest absolute Gasteiger partial charge is 0.323 e. The van der Waals surface area contributed by atoms with Crippen molar-refractivity contribution in [2.24, 2.45) is 0 Å². The van der Waals surface area contributed by atoms with Crippen LogP contribution in [0.4, 0.5) is 0 Å². The minimum Gasteiger partial charge on any atom is -0.480 e. The zero-order valence-corrected chi connectivity index (χ0v) is 12.3. The summed E-state index contributed by atoms with van der Waals surface area (Å²) in [6.45, 7) is 2.71. The lowest BCUT2D eigenvalue weighted by atomic mass is 10.1. The molecule has 0 atom stereocenters. The first-order valence-corrected chi connectivity index (χ1v) is 7.26. The monoisotopic (exact) mass is 299 g/mol. The van der Waals surface area contributed by atoms with Crippen molar-refractivity contribution in [1.82, 2.24) is 14.7 Å². The number of aromatic nitrogens is 2. The molecule has 1 N–H and O–H groups in total. The van der Waals surface area contributed by atoms with Crippen molar-refractivity contribution in [2.45, 2.75) is 19.9 Å². The van der Waals surface area contributed by atoms with Gasteiger partial charge in [-0.05, 0) is 18.1 Å². The molecule has 1 aliphatic rings. The number of aliphatic carboxylic acids is 1. The summed E-state index contributed by atoms with van der Waals surface area (Å²) < 4.78 is 1.66. The third-order valence-corrected chi connectivity index (χ3v) is 3.85. The molecule has 22 heavy (non-hydrogen) atoms. The van der Waals surface area contributed by atoms with Gasteiger partial charge in [0, 0.05) is 12.1 Å². The largest absolute Gasteiger partial charge is 0.480 e. The second-order valence-corrected chi connectivity index (χ2v) is 5.31. The number of carbonyl (C=O) groups is 2. The van der Waals surface area contributed by atoms with Gasteiger partial charge in [-0.25, -0.2) is 0 Å². The van der Waals surface area contributed by atoms with E-state index < -0.39 is 5.97 Å². The summed E-state index contributed by atoms with van der Waals surface area (Å²) >= 11 is 0. The van der Waals surface area contributed by atoms with E-state index in [2.05, 4.69) is 12.0 Å². The number of nitrogens with zero attached hydrogens (tertiary/aromatic N) is 3. The van der Waals surface area contributed by atoms with Gasteiger partial charge >= 0.3 is 5.97 Å². The van der Waals surface area contributed by atoms with Crippen molar-refractivity contribution in [2.75, 3.05) is 13.1 Å². The van der Waals surface area contributed by atoms with Crippen LogP contribution in [0, 0.1) is 0 Å². The molecule has 1 aromatic heterocycles. The van der Waals surface area contributed by atoms with Crippen molar-refractivity contribution < 1.29 is 14.7 Å². The SMILES string of the molecule is CCc1ccc(-c2cc3n(n2)CCN(CC(=O)O)C3=O)cc1. The van der Waals surface area contributed by atoms with Crippen LogP contribution in [-0.4, -0.2) is 44.8 Å². The third-order valence-electron chi connectivity index (χ3n) is 3.85. The van der Waals surface area contributed by atoms with Crippen LogP contribution in [-0.2, 0) is 17.8 Å². The Kier molecular flexibility index (Phi) is 3.66. The molecule has 0 spiro atoms. The Morgan fingerprint density at radius 2 is 2.00 bits per heavy atom. The number of carboxylic acids is 1. The summed E-state index contributed by atoms with van der Waals surface area (Å²) in [5.74, 6) is -1.28. The van der Waals surface area contributed by atoms with Crippen LogP contribution in [0.5, 0.6) is 0 Å². The van der Waals surface area contributed by atoms with E-state index in [4.69, 9.17) is 5.11 Å². The van der Waals surface area contributed by atoms with Gasteiger partial charge in [-0.15, -0.1) is 0 Å². The predicted octanol–water partition coefficient (Wildman–Crippen LogP) is 1.65. The van der Waals surface area contributed by atoms with E-state index in [1.165, 1.54) is 10.5 Å². The molecule has 1 aliphatic heterocycles. The molecular formula is C16H17N3O3. The normalized spacial score (nSPS) is 14.0. The number of aryl methyl sites for hydroxylation is 1. The quantitative estimate of drug-likeness (QED) is 0.931. The molecule has 3 rings (SSSR count). The van der Waals surface area contributed by atoms with Crippen molar-refractivity contribution >= 4 is 11.9 Å². The highest BCUT2D eigenvalue weighted by atomic mass is 16.4. The lowest BCUT2D eigenvalue weighted by Gasteiger charge is -2.25. The van der Waals surface area contributed by atoms with Gasteiger partial charge in [0.05, 0.1) is 12.2 Å². The average Bonchev–Trinajstić information content (AvgIpc) is 2.95. The molecule has 114 valence electrons. The highest BCUT2D eigenvalue weighted by molar-refractivity contribution is 5.96. The summed E-state index contributed by atoms with van der Waals surface area (Å²) in [5.41, 5.74) is 3.39. The van der Waals surface area contributed by atoms with Gasteiger partial charge in [0.2, 0.25) is 0 Å². The molecule has 2 heterocycles. The maximum Gasteiger partial charge on any atom is 0.323 e. The summed E-state index contributed by atoms with van der Waals surface area (Å²) in [6, 6.07) is 9.81. The summed E-state index contributed by atoms with van der Waals surface area (Å²) in [4.78, 5) is 24.4. The van der Waals surface area contributed by atoms with Gasteiger partial charge in [0.25, 0.3) is 5.91 Å². The van der Waals surface area contributed by atoms with E-state index in [1.807, 2.05) is 24.3 Å². The van der Waals surface area contributed by atoms with Gasteiger partial charge in [-0.3, -0.25) is 14.3 Å². The van der Waals surface area contributed by atoms with Crippen LogP contribution < -0.4 is 0 Å². The van der Waals surface area contributed by atoms with E-state index >= 15 is 0 Å². The number of carbonyl (C=O) groups excluding carboxylic acids is 1. The van der Waals surface area contributed by atoms with Gasteiger partial charge in [-0.1, -0.05) is 31.2 Å². The molecule has 0 unspecified atom stereocenters. The molecule has 6 heteroatoms. The molecule has 0 aliphatic carbocycles. The Labute approximate surface area is 128 Å². The molecule has 6 nitrogen and oxygen atoms in total. The lowest BCUT2D eigenvalue weighted by molar-refractivity contribution is -0.137. The number of carboxylic acid groups (broad SMARTS) is 1. The number of hydrogen-bond acceptors (Lipinski definition) is 3. The molecular weight excluding hydrogens is 282 g/mol. The van der Waals surface area contributed by atoms with Crippen LogP contribution in [0.25, 0.3) is 11.3 Å². The maximum absolute atomic E-state index is 12.3. The number of benzene rings is 1. The summed E-state index contributed by atoms with van der Waals surface area (Å²) in [7, 11) is 0. The van der Waals surface area contributed by atoms with E-state index in [1.54, 1.807) is 10.7 Å². The molecule has 0 saturated carbocycles. The first kappa shape index (κ1) is 14.3. The number of fused-ring (bicyclic) bond motifs is 1. The highest BCUT2D eigenvalue weighted by Gasteiger charge is 2.27. The second-order valence-electron chi connectivity index (χ2n) is 5.31. The summed E-state index contributed by atoms with van der Waals surface area (Å²) in [6.07, 6.45) is 0.975. The van der Waals surface area contributed by atoms with E-state index in [0.29, 0.717) is 18.8 Å². The van der Waals surface area contributed by atoms with Crippen molar-refractivity contribution in [3.05, 3.63) is 41.6 Å². The van der Waals surface area contributed by atoms with E-state index in [0.717, 1.165) is 17.7 Å². The topological polar surface area (TPSA) is 75.4 Å². The van der Waals surface area contributed by atoms with Crippen molar-refractivity contribution in [3.8, 4) is 11.3 Å². The fraction of sp³-hybridized carbons (Fsp3) is 0.312. The van der Waals surface area contributed by atoms with Crippen LogP contribution >= 0.6 is 0 Å². The standard InChI is InChI=1S/C16H17N3O3/c1-2-11-3-5-12(6-4-11)13-9-14-16(22)18(10-15(20)21)7-8-19(14)17-13/h3-6,9H,2,7-8,10H2,1H3,(H,20,21). The number of hydrogen-bond donors (Lipinski definition) is 1. The zero-order chi connectivity index (χ0) is 15.7. The molecule has 0 saturated heterocycles. The fourth-order valence-corrected chi connectivity index (χ4v) is 2.60. The second kappa shape index (κ2) is 5.63. The van der Waals surface area contributed by atoms with Crippen molar-refractivity contribution in [3.63, 3.8) is 0 Å². The minimum atomic E-state index is -1.00. The Balaban J connectivity index is 1.89. The molecule has 1 aromatic carbocycles. The van der Waals surface area contributed by atoms with E-state index in [9.17, 15) is 9.59 Å². The van der Waals surface area contributed by atoms with Crippen LogP contribution in [0.2, 0.25) is 0 Å². The van der Waals surface area contributed by atoms with Gasteiger partial charge in [0.1, 0.15) is 12.2 Å². The van der Waals surface area contributed by atoms with Crippen LogP contribution in [0.3, 0.4) is 0 Å². The van der Waals surface area contributed by atoms with Gasteiger partial charge in [0.15, 0.2) is 0 Å². The molecule has 2 aromatic rings. The van der Waals surface area contributed by atoms with Gasteiger partial charge in [-0.2, -0.15) is 5.10 Å². The molecule has 1 amide bonds. The number of amides is 1. The average molecular weight is 299 g/mol. The minimum absolute atomic E-state index is 0.273. The molecule has 0 fully saturated rings. The predicted molar refractivity (Wildman–Crippen MR) is 80.6 cm³/mol. The van der Waals surface area contributed by atoms with Crippen LogP contribution in [0.15, 0.2) is 30.3 Å². The van der Waals surface area contributed by atoms with Crippen molar-refractivity contribution in [1.29, 1.82) is 0 Å². The Morgan fingerprint density at radius 1 is 1.27 bits per heavy atom. The van der Waals surface area contributed by atoms with E-state index in [-0.39, 0.29) is 12.5 Å². The maximum atomic E-state index is 12.3. The Morgan fingerprint density at radius 3 is 2.64 bits per heavy atom. The lowest BCUT2D eigenvalue weighted by Crippen LogP contribution is -2.43. The first-order valence-electron chi connectivity index (χ1n) is 7.26. The molecule has 0 bridgehead atoms. The third kappa shape index (κ3) is 2.59. The number of rotatable bonds is 4. The first-order chi connectivity index (χ1) is 10.6. The zero-order valence-electron chi connectivity index (χ0n) is 12.3. The van der Waals surface area contributed by atoms with Gasteiger partial charge < -0.3 is 10.0 Å². The Bertz CT molecular complexity index is 719. The summed E-state index contributed by atoms with van der Waals surface area (Å²) in [5, 5.41) is 13.3. The fourth-order valence-electron chi connectivity index (χ4n) is 2.60. The molecule has 0 radical (unpaired) electrons. The Hall–Kier alpha value is -2.63.